The monoisotopic (exact) mass is 272 g/mol. The highest BCUT2D eigenvalue weighted by molar-refractivity contribution is 5.97. The molecule has 3 heteroatoms. The summed E-state index contributed by atoms with van der Waals surface area (Å²) in [6.07, 6.45) is 3.33. The largest absolute Gasteiger partial charge is 0.300 e. The topological polar surface area (TPSA) is 23.6 Å². The second kappa shape index (κ2) is 6.06. The van der Waals surface area contributed by atoms with Crippen LogP contribution in [0.2, 0.25) is 0 Å². The van der Waals surface area contributed by atoms with E-state index in [1.165, 1.54) is 25.9 Å². The molecule has 1 atom stereocenters. The normalized spacial score (nSPS) is 23.8. The smallest absolute Gasteiger partial charge is 0.164 e. The fourth-order valence-electron chi connectivity index (χ4n) is 3.54. The summed E-state index contributed by atoms with van der Waals surface area (Å²) in [6, 6.07) is 8.66. The number of hydrogen-bond donors (Lipinski definition) is 0. The van der Waals surface area contributed by atoms with Crippen molar-refractivity contribution >= 4 is 5.78 Å². The molecule has 0 saturated carbocycles. The molecule has 2 aliphatic heterocycles. The maximum atomic E-state index is 12.3. The molecule has 108 valence electrons. The molecule has 0 radical (unpaired) electrons. The minimum Gasteiger partial charge on any atom is -0.300 e. The number of piperazine rings is 1. The van der Waals surface area contributed by atoms with Crippen molar-refractivity contribution in [2.75, 3.05) is 32.7 Å². The van der Waals surface area contributed by atoms with Gasteiger partial charge in [0.15, 0.2) is 5.78 Å². The van der Waals surface area contributed by atoms with Crippen molar-refractivity contribution in [3.63, 3.8) is 0 Å². The number of benzene rings is 1. The average molecular weight is 272 g/mol. The molecule has 0 amide bonds. The van der Waals surface area contributed by atoms with Crippen LogP contribution in [0.4, 0.5) is 0 Å². The SMILES string of the molecule is Cc1ccccc1C(=O)CCN1CCN2CCCC2C1. The highest BCUT2D eigenvalue weighted by Crippen LogP contribution is 2.21. The maximum absolute atomic E-state index is 12.3. The van der Waals surface area contributed by atoms with E-state index in [4.69, 9.17) is 0 Å². The number of nitrogens with zero attached hydrogens (tertiary/aromatic N) is 2. The lowest BCUT2D eigenvalue weighted by Crippen LogP contribution is -2.50. The van der Waals surface area contributed by atoms with Crippen molar-refractivity contribution < 1.29 is 4.79 Å². The highest BCUT2D eigenvalue weighted by Gasteiger charge is 2.30. The third kappa shape index (κ3) is 2.94. The Hall–Kier alpha value is -1.19. The van der Waals surface area contributed by atoms with Crippen molar-refractivity contribution in [2.24, 2.45) is 0 Å². The van der Waals surface area contributed by atoms with Crippen molar-refractivity contribution in [1.29, 1.82) is 0 Å². The molecule has 2 heterocycles. The number of aryl methyl sites for hydroxylation is 1. The summed E-state index contributed by atoms with van der Waals surface area (Å²) in [7, 11) is 0. The van der Waals surface area contributed by atoms with E-state index in [-0.39, 0.29) is 5.78 Å². The van der Waals surface area contributed by atoms with Gasteiger partial charge in [-0.15, -0.1) is 0 Å². The van der Waals surface area contributed by atoms with Gasteiger partial charge in [-0.3, -0.25) is 9.69 Å². The Balaban J connectivity index is 1.52. The zero-order valence-electron chi connectivity index (χ0n) is 12.3. The Labute approximate surface area is 121 Å². The van der Waals surface area contributed by atoms with Gasteiger partial charge in [-0.05, 0) is 31.9 Å². The summed E-state index contributed by atoms with van der Waals surface area (Å²) in [5, 5.41) is 0. The molecule has 0 spiro atoms. The molecular formula is C17H24N2O. The van der Waals surface area contributed by atoms with E-state index in [2.05, 4.69) is 9.80 Å². The van der Waals surface area contributed by atoms with Crippen LogP contribution in [-0.4, -0.2) is 54.3 Å². The van der Waals surface area contributed by atoms with Crippen molar-refractivity contribution in [2.45, 2.75) is 32.2 Å². The van der Waals surface area contributed by atoms with E-state index in [1.807, 2.05) is 31.2 Å². The fourth-order valence-corrected chi connectivity index (χ4v) is 3.54. The van der Waals surface area contributed by atoms with Crippen LogP contribution in [-0.2, 0) is 0 Å². The number of Topliss-reactive ketones (excluding diaryl/α,β-unsaturated/α-hetero) is 1. The van der Waals surface area contributed by atoms with Gasteiger partial charge in [-0.1, -0.05) is 24.3 Å². The van der Waals surface area contributed by atoms with Crippen molar-refractivity contribution in [3.8, 4) is 0 Å². The summed E-state index contributed by atoms with van der Waals surface area (Å²) < 4.78 is 0. The molecule has 1 aromatic carbocycles. The summed E-state index contributed by atoms with van der Waals surface area (Å²) in [5.74, 6) is 0.289. The van der Waals surface area contributed by atoms with Gasteiger partial charge in [0.05, 0.1) is 0 Å². The highest BCUT2D eigenvalue weighted by atomic mass is 16.1. The molecule has 3 nitrogen and oxygen atoms in total. The number of carbonyl (C=O) groups is 1. The summed E-state index contributed by atoms with van der Waals surface area (Å²) in [4.78, 5) is 17.4. The van der Waals surface area contributed by atoms with Gasteiger partial charge in [-0.25, -0.2) is 0 Å². The first kappa shape index (κ1) is 13.8. The number of ketones is 1. The van der Waals surface area contributed by atoms with Crippen LogP contribution in [0.5, 0.6) is 0 Å². The Bertz CT molecular complexity index is 486. The number of rotatable bonds is 4. The van der Waals surface area contributed by atoms with Crippen LogP contribution >= 0.6 is 0 Å². The third-order valence-electron chi connectivity index (χ3n) is 4.77. The minimum absolute atomic E-state index is 0.289. The summed E-state index contributed by atoms with van der Waals surface area (Å²) in [5.41, 5.74) is 1.99. The molecule has 2 aliphatic rings. The van der Waals surface area contributed by atoms with E-state index in [0.29, 0.717) is 6.42 Å². The van der Waals surface area contributed by atoms with Gasteiger partial charge >= 0.3 is 0 Å². The van der Waals surface area contributed by atoms with Gasteiger partial charge in [0.1, 0.15) is 0 Å². The number of carbonyl (C=O) groups excluding carboxylic acids is 1. The van der Waals surface area contributed by atoms with Crippen molar-refractivity contribution in [3.05, 3.63) is 35.4 Å². The quantitative estimate of drug-likeness (QED) is 0.786. The second-order valence-corrected chi connectivity index (χ2v) is 6.12. The number of fused-ring (bicyclic) bond motifs is 1. The first-order chi connectivity index (χ1) is 9.74. The standard InChI is InChI=1S/C17H24N2O/c1-14-5-2-3-7-16(14)17(20)8-10-18-11-12-19-9-4-6-15(19)13-18/h2-3,5,7,15H,4,6,8-13H2,1H3. The molecule has 0 N–H and O–H groups in total. The van der Waals surface area contributed by atoms with Gasteiger partial charge in [0, 0.05) is 44.2 Å². The fraction of sp³-hybridized carbons (Fsp3) is 0.588. The van der Waals surface area contributed by atoms with Gasteiger partial charge in [-0.2, -0.15) is 0 Å². The van der Waals surface area contributed by atoms with Crippen molar-refractivity contribution in [1.82, 2.24) is 9.80 Å². The van der Waals surface area contributed by atoms with Crippen LogP contribution < -0.4 is 0 Å². The van der Waals surface area contributed by atoms with Gasteiger partial charge < -0.3 is 4.90 Å². The lowest BCUT2D eigenvalue weighted by Gasteiger charge is -2.37. The molecule has 1 unspecified atom stereocenters. The second-order valence-electron chi connectivity index (χ2n) is 6.12. The average Bonchev–Trinajstić information content (AvgIpc) is 2.92. The zero-order chi connectivity index (χ0) is 13.9. The van der Waals surface area contributed by atoms with Gasteiger partial charge in [0.25, 0.3) is 0 Å². The van der Waals surface area contributed by atoms with Crippen LogP contribution in [0.1, 0.15) is 35.2 Å². The predicted octanol–water partition coefficient (Wildman–Crippen LogP) is 2.35. The maximum Gasteiger partial charge on any atom is 0.164 e. The van der Waals surface area contributed by atoms with E-state index in [9.17, 15) is 4.79 Å². The van der Waals surface area contributed by atoms with E-state index in [0.717, 1.165) is 36.8 Å². The molecule has 3 rings (SSSR count). The predicted molar refractivity (Wildman–Crippen MR) is 81.2 cm³/mol. The first-order valence-electron chi connectivity index (χ1n) is 7.79. The molecule has 0 bridgehead atoms. The molecule has 1 aromatic rings. The molecule has 0 aromatic heterocycles. The Morgan fingerprint density at radius 1 is 1.25 bits per heavy atom. The van der Waals surface area contributed by atoms with E-state index < -0.39 is 0 Å². The summed E-state index contributed by atoms with van der Waals surface area (Å²) >= 11 is 0. The summed E-state index contributed by atoms with van der Waals surface area (Å²) in [6.45, 7) is 7.67. The van der Waals surface area contributed by atoms with Crippen LogP contribution in [0.3, 0.4) is 0 Å². The molecular weight excluding hydrogens is 248 g/mol. The molecule has 20 heavy (non-hydrogen) atoms. The molecule has 0 aliphatic carbocycles. The van der Waals surface area contributed by atoms with Crippen LogP contribution in [0, 0.1) is 6.92 Å². The van der Waals surface area contributed by atoms with Crippen LogP contribution in [0.15, 0.2) is 24.3 Å². The lowest BCUT2D eigenvalue weighted by molar-refractivity contribution is 0.0871. The zero-order valence-corrected chi connectivity index (χ0v) is 12.3. The third-order valence-corrected chi connectivity index (χ3v) is 4.77. The lowest BCUT2D eigenvalue weighted by atomic mass is 10.0. The Morgan fingerprint density at radius 2 is 2.10 bits per heavy atom. The Morgan fingerprint density at radius 3 is 2.95 bits per heavy atom. The molecule has 2 fully saturated rings. The number of hydrogen-bond acceptors (Lipinski definition) is 3. The van der Waals surface area contributed by atoms with Crippen LogP contribution in [0.25, 0.3) is 0 Å². The Kier molecular flexibility index (Phi) is 4.18. The minimum atomic E-state index is 0.289. The van der Waals surface area contributed by atoms with Gasteiger partial charge in [0.2, 0.25) is 0 Å². The van der Waals surface area contributed by atoms with E-state index in [1.54, 1.807) is 0 Å². The molecule has 2 saturated heterocycles. The first-order valence-corrected chi connectivity index (χ1v) is 7.79. The van der Waals surface area contributed by atoms with E-state index >= 15 is 0 Å².